The van der Waals surface area contributed by atoms with E-state index >= 15 is 0 Å². The van der Waals surface area contributed by atoms with Crippen LogP contribution in [0.25, 0.3) is 0 Å². The van der Waals surface area contributed by atoms with Gasteiger partial charge in [0.05, 0.1) is 0 Å². The van der Waals surface area contributed by atoms with Crippen molar-refractivity contribution in [3.8, 4) is 0 Å². The second kappa shape index (κ2) is 3.29. The van der Waals surface area contributed by atoms with E-state index in [-0.39, 0.29) is 6.04 Å². The number of carboxylic acid groups (broad SMARTS) is 1. The van der Waals surface area contributed by atoms with Gasteiger partial charge in [-0.1, -0.05) is 12.8 Å². The van der Waals surface area contributed by atoms with E-state index in [1.54, 1.807) is 0 Å². The fourth-order valence-electron chi connectivity index (χ4n) is 2.87. The summed E-state index contributed by atoms with van der Waals surface area (Å²) in [4.78, 5) is 10.8. The van der Waals surface area contributed by atoms with Crippen LogP contribution in [0.15, 0.2) is 0 Å². The zero-order valence-corrected chi connectivity index (χ0v) is 7.88. The topological polar surface area (TPSA) is 49.3 Å². The Morgan fingerprint density at radius 3 is 2.62 bits per heavy atom. The molecule has 0 aromatic heterocycles. The third kappa shape index (κ3) is 1.70. The first-order valence-corrected chi connectivity index (χ1v) is 5.18. The smallest absolute Gasteiger partial charge is 0.320 e. The number of hydrogen-bond donors (Lipinski definition) is 2. The minimum absolute atomic E-state index is 0.285. The lowest BCUT2D eigenvalue weighted by molar-refractivity contribution is -0.141. The highest BCUT2D eigenvalue weighted by Crippen LogP contribution is 2.46. The fourth-order valence-corrected chi connectivity index (χ4v) is 2.87. The monoisotopic (exact) mass is 183 g/mol. The minimum atomic E-state index is -0.675. The maximum Gasteiger partial charge on any atom is 0.320 e. The highest BCUT2D eigenvalue weighted by Gasteiger charge is 2.40. The summed E-state index contributed by atoms with van der Waals surface area (Å²) in [7, 11) is 0. The van der Waals surface area contributed by atoms with Crippen molar-refractivity contribution in [2.75, 3.05) is 6.54 Å². The van der Waals surface area contributed by atoms with Crippen molar-refractivity contribution in [3.05, 3.63) is 0 Å². The molecule has 2 rings (SSSR count). The highest BCUT2D eigenvalue weighted by molar-refractivity contribution is 5.73. The van der Waals surface area contributed by atoms with Crippen LogP contribution < -0.4 is 5.32 Å². The molecular weight excluding hydrogens is 166 g/mol. The van der Waals surface area contributed by atoms with Gasteiger partial charge in [-0.15, -0.1) is 0 Å². The van der Waals surface area contributed by atoms with Crippen molar-refractivity contribution in [2.45, 2.75) is 44.6 Å². The van der Waals surface area contributed by atoms with E-state index in [4.69, 9.17) is 5.11 Å². The number of rotatable bonds is 1. The molecular formula is C10H17NO2. The van der Waals surface area contributed by atoms with Crippen molar-refractivity contribution >= 4 is 5.97 Å². The highest BCUT2D eigenvalue weighted by atomic mass is 16.4. The Labute approximate surface area is 78.5 Å². The van der Waals surface area contributed by atoms with E-state index < -0.39 is 5.97 Å². The molecule has 1 saturated carbocycles. The van der Waals surface area contributed by atoms with E-state index in [2.05, 4.69) is 5.32 Å². The number of carbonyl (C=O) groups is 1. The molecule has 1 heterocycles. The van der Waals surface area contributed by atoms with Crippen LogP contribution in [0, 0.1) is 5.41 Å². The first-order valence-electron chi connectivity index (χ1n) is 5.18. The van der Waals surface area contributed by atoms with Crippen molar-refractivity contribution in [1.29, 1.82) is 0 Å². The Balaban J connectivity index is 2.02. The molecule has 3 heteroatoms. The van der Waals surface area contributed by atoms with Gasteiger partial charge >= 0.3 is 5.97 Å². The fraction of sp³-hybridized carbons (Fsp3) is 0.900. The van der Waals surface area contributed by atoms with Crippen molar-refractivity contribution in [2.24, 2.45) is 5.41 Å². The third-order valence-electron chi connectivity index (χ3n) is 3.65. The average Bonchev–Trinajstić information content (AvgIpc) is 2.53. The summed E-state index contributed by atoms with van der Waals surface area (Å²) in [5, 5.41) is 12.0. The summed E-state index contributed by atoms with van der Waals surface area (Å²) in [6.07, 6.45) is 7.12. The lowest BCUT2D eigenvalue weighted by Gasteiger charge is -2.37. The van der Waals surface area contributed by atoms with E-state index in [9.17, 15) is 4.79 Å². The minimum Gasteiger partial charge on any atom is -0.480 e. The summed E-state index contributed by atoms with van der Waals surface area (Å²) in [5.41, 5.74) is 0.383. The van der Waals surface area contributed by atoms with Gasteiger partial charge in [0.2, 0.25) is 0 Å². The number of hydrogen-bond acceptors (Lipinski definition) is 2. The van der Waals surface area contributed by atoms with Gasteiger partial charge in [-0.2, -0.15) is 0 Å². The molecule has 74 valence electrons. The molecule has 0 radical (unpaired) electrons. The number of nitrogens with one attached hydrogen (secondary N) is 1. The lowest BCUT2D eigenvalue weighted by Crippen LogP contribution is -2.47. The van der Waals surface area contributed by atoms with Crippen LogP contribution >= 0.6 is 0 Å². The quantitative estimate of drug-likeness (QED) is 0.645. The summed E-state index contributed by atoms with van der Waals surface area (Å²) >= 11 is 0. The van der Waals surface area contributed by atoms with E-state index in [1.165, 1.54) is 32.1 Å². The molecule has 0 amide bonds. The van der Waals surface area contributed by atoms with Crippen LogP contribution in [0.3, 0.4) is 0 Å². The van der Waals surface area contributed by atoms with Crippen LogP contribution in [-0.4, -0.2) is 23.7 Å². The molecule has 0 bridgehead atoms. The van der Waals surface area contributed by atoms with Gasteiger partial charge in [0.1, 0.15) is 6.04 Å². The van der Waals surface area contributed by atoms with Crippen LogP contribution in [0.4, 0.5) is 0 Å². The molecule has 1 aliphatic carbocycles. The molecule has 1 atom stereocenters. The molecule has 0 aromatic rings. The predicted octanol–water partition coefficient (Wildman–Crippen LogP) is 1.38. The maximum atomic E-state index is 10.8. The lowest BCUT2D eigenvalue weighted by atomic mass is 9.75. The summed E-state index contributed by atoms with van der Waals surface area (Å²) in [6.45, 7) is 0.886. The van der Waals surface area contributed by atoms with Crippen LogP contribution in [0.1, 0.15) is 38.5 Å². The van der Waals surface area contributed by atoms with Gasteiger partial charge in [0, 0.05) is 0 Å². The van der Waals surface area contributed by atoms with Gasteiger partial charge in [0.25, 0.3) is 0 Å². The standard InChI is InChI=1S/C10H17NO2/c12-9(13)8-7-10(5-6-11-8)3-1-2-4-10/h8,11H,1-7H2,(H,12,13)/t8-/m0/s1. The number of aliphatic carboxylic acids is 1. The normalized spacial score (nSPS) is 32.2. The SMILES string of the molecule is O=C(O)[C@@H]1CC2(CCCC2)CCN1. The zero-order valence-electron chi connectivity index (χ0n) is 7.88. The first-order chi connectivity index (χ1) is 6.22. The van der Waals surface area contributed by atoms with Crippen LogP contribution in [-0.2, 0) is 4.79 Å². The van der Waals surface area contributed by atoms with Crippen molar-refractivity contribution in [3.63, 3.8) is 0 Å². The van der Waals surface area contributed by atoms with Crippen LogP contribution in [0.2, 0.25) is 0 Å². The van der Waals surface area contributed by atoms with Gasteiger partial charge in [0.15, 0.2) is 0 Å². The largest absolute Gasteiger partial charge is 0.480 e. The molecule has 3 nitrogen and oxygen atoms in total. The molecule has 1 aliphatic heterocycles. The molecule has 2 N–H and O–H groups in total. The van der Waals surface area contributed by atoms with Crippen LogP contribution in [0.5, 0.6) is 0 Å². The number of piperidine rings is 1. The summed E-state index contributed by atoms with van der Waals surface area (Å²) in [5.74, 6) is -0.675. The van der Waals surface area contributed by atoms with Crippen molar-refractivity contribution in [1.82, 2.24) is 5.32 Å². The molecule has 0 unspecified atom stereocenters. The van der Waals surface area contributed by atoms with E-state index in [1.807, 2.05) is 0 Å². The molecule has 13 heavy (non-hydrogen) atoms. The average molecular weight is 183 g/mol. The number of carboxylic acids is 1. The Kier molecular flexibility index (Phi) is 2.28. The maximum absolute atomic E-state index is 10.8. The first kappa shape index (κ1) is 9.00. The third-order valence-corrected chi connectivity index (χ3v) is 3.65. The van der Waals surface area contributed by atoms with Gasteiger partial charge in [-0.3, -0.25) is 4.79 Å². The van der Waals surface area contributed by atoms with E-state index in [0.29, 0.717) is 5.41 Å². The predicted molar refractivity (Wildman–Crippen MR) is 49.6 cm³/mol. The molecule has 2 fully saturated rings. The Morgan fingerprint density at radius 2 is 2.00 bits per heavy atom. The molecule has 2 aliphatic rings. The Bertz CT molecular complexity index is 209. The molecule has 0 aromatic carbocycles. The summed E-state index contributed by atoms with van der Waals surface area (Å²) in [6, 6.07) is -0.285. The Morgan fingerprint density at radius 1 is 1.31 bits per heavy atom. The zero-order chi connectivity index (χ0) is 9.31. The Hall–Kier alpha value is -0.570. The second-order valence-corrected chi connectivity index (χ2v) is 4.51. The van der Waals surface area contributed by atoms with Crippen molar-refractivity contribution < 1.29 is 9.90 Å². The van der Waals surface area contributed by atoms with Gasteiger partial charge in [-0.05, 0) is 37.6 Å². The molecule has 1 saturated heterocycles. The second-order valence-electron chi connectivity index (χ2n) is 4.51. The van der Waals surface area contributed by atoms with Gasteiger partial charge in [-0.25, -0.2) is 0 Å². The van der Waals surface area contributed by atoms with E-state index in [0.717, 1.165) is 13.0 Å². The van der Waals surface area contributed by atoms with Gasteiger partial charge < -0.3 is 10.4 Å². The summed E-state index contributed by atoms with van der Waals surface area (Å²) < 4.78 is 0. The molecule has 1 spiro atoms.